The highest BCUT2D eigenvalue weighted by Gasteiger charge is 2.24. The largest absolute Gasteiger partial charge is 0.480 e. The summed E-state index contributed by atoms with van der Waals surface area (Å²) < 4.78 is 0. The Morgan fingerprint density at radius 1 is 1.47 bits per heavy atom. The zero-order valence-electron chi connectivity index (χ0n) is 8.47. The van der Waals surface area contributed by atoms with Crippen molar-refractivity contribution < 1.29 is 9.90 Å². The molecule has 3 heteroatoms. The Bertz CT molecular complexity index is 335. The van der Waals surface area contributed by atoms with Crippen molar-refractivity contribution in [2.24, 2.45) is 5.73 Å². The van der Waals surface area contributed by atoms with Gasteiger partial charge in [0.15, 0.2) is 0 Å². The molecule has 0 saturated carbocycles. The summed E-state index contributed by atoms with van der Waals surface area (Å²) in [4.78, 5) is 10.8. The highest BCUT2D eigenvalue weighted by atomic mass is 16.4. The molecule has 0 amide bonds. The van der Waals surface area contributed by atoms with Crippen LogP contribution in [0.2, 0.25) is 0 Å². The summed E-state index contributed by atoms with van der Waals surface area (Å²) in [5, 5.41) is 8.88. The van der Waals surface area contributed by atoms with Gasteiger partial charge < -0.3 is 10.8 Å². The van der Waals surface area contributed by atoms with Crippen LogP contribution in [0, 0.1) is 0 Å². The molecule has 15 heavy (non-hydrogen) atoms. The standard InChI is InChI=1S/C12H15NO2/c1-2-6-10(11(13)12(14)15)9-7-4-3-5-8-9/h2-5,7-8,10-11H,1,6,13H2,(H,14,15)/t10-,11-/m1/s1. The van der Waals surface area contributed by atoms with Crippen molar-refractivity contribution >= 4 is 5.97 Å². The van der Waals surface area contributed by atoms with E-state index < -0.39 is 12.0 Å². The van der Waals surface area contributed by atoms with Crippen LogP contribution < -0.4 is 5.73 Å². The Morgan fingerprint density at radius 2 is 2.07 bits per heavy atom. The maximum atomic E-state index is 10.8. The normalized spacial score (nSPS) is 14.2. The number of hydrogen-bond donors (Lipinski definition) is 2. The van der Waals surface area contributed by atoms with E-state index in [1.807, 2.05) is 30.3 Å². The Kier molecular flexibility index (Phi) is 4.06. The van der Waals surface area contributed by atoms with Crippen LogP contribution in [0.15, 0.2) is 43.0 Å². The zero-order valence-corrected chi connectivity index (χ0v) is 8.47. The summed E-state index contributed by atoms with van der Waals surface area (Å²) in [5.74, 6) is -1.19. The van der Waals surface area contributed by atoms with E-state index in [0.717, 1.165) is 5.56 Å². The average molecular weight is 205 g/mol. The molecule has 1 aromatic rings. The molecule has 0 heterocycles. The third-order valence-corrected chi connectivity index (χ3v) is 2.37. The van der Waals surface area contributed by atoms with Gasteiger partial charge in [-0.2, -0.15) is 0 Å². The molecule has 0 aliphatic carbocycles. The fourth-order valence-corrected chi connectivity index (χ4v) is 1.54. The van der Waals surface area contributed by atoms with Gasteiger partial charge >= 0.3 is 5.97 Å². The van der Waals surface area contributed by atoms with Crippen molar-refractivity contribution in [1.29, 1.82) is 0 Å². The molecule has 0 fully saturated rings. The van der Waals surface area contributed by atoms with E-state index in [1.54, 1.807) is 6.08 Å². The molecule has 0 aliphatic heterocycles. The van der Waals surface area contributed by atoms with Crippen molar-refractivity contribution in [2.45, 2.75) is 18.4 Å². The summed E-state index contributed by atoms with van der Waals surface area (Å²) in [6.45, 7) is 3.62. The van der Waals surface area contributed by atoms with Gasteiger partial charge in [0.1, 0.15) is 6.04 Å². The van der Waals surface area contributed by atoms with Crippen molar-refractivity contribution in [2.75, 3.05) is 0 Å². The monoisotopic (exact) mass is 205 g/mol. The number of carboxylic acid groups (broad SMARTS) is 1. The molecule has 0 unspecified atom stereocenters. The molecule has 0 aliphatic rings. The second kappa shape index (κ2) is 5.32. The number of carbonyl (C=O) groups is 1. The third kappa shape index (κ3) is 2.92. The van der Waals surface area contributed by atoms with Crippen LogP contribution >= 0.6 is 0 Å². The first-order chi connectivity index (χ1) is 7.16. The minimum atomic E-state index is -0.981. The predicted octanol–water partition coefficient (Wildman–Crippen LogP) is 1.76. The first-order valence-electron chi connectivity index (χ1n) is 4.81. The number of rotatable bonds is 5. The molecule has 2 atom stereocenters. The van der Waals surface area contributed by atoms with Crippen LogP contribution in [0.5, 0.6) is 0 Å². The van der Waals surface area contributed by atoms with Crippen molar-refractivity contribution in [3.8, 4) is 0 Å². The SMILES string of the molecule is C=CC[C@H](c1ccccc1)[C@@H](N)C(=O)O. The molecule has 0 aromatic heterocycles. The molecular weight excluding hydrogens is 190 g/mol. The molecule has 0 spiro atoms. The molecule has 1 aromatic carbocycles. The fraction of sp³-hybridized carbons (Fsp3) is 0.250. The summed E-state index contributed by atoms with van der Waals surface area (Å²) in [7, 11) is 0. The molecular formula is C12H15NO2. The lowest BCUT2D eigenvalue weighted by atomic mass is 9.89. The topological polar surface area (TPSA) is 63.3 Å². The van der Waals surface area contributed by atoms with Crippen LogP contribution in [0.4, 0.5) is 0 Å². The van der Waals surface area contributed by atoms with E-state index in [4.69, 9.17) is 10.8 Å². The van der Waals surface area contributed by atoms with E-state index in [9.17, 15) is 4.79 Å². The fourth-order valence-electron chi connectivity index (χ4n) is 1.54. The molecule has 3 N–H and O–H groups in total. The van der Waals surface area contributed by atoms with E-state index in [2.05, 4.69) is 6.58 Å². The highest BCUT2D eigenvalue weighted by molar-refractivity contribution is 5.74. The number of aliphatic carboxylic acids is 1. The van der Waals surface area contributed by atoms with Gasteiger partial charge in [-0.1, -0.05) is 36.4 Å². The number of benzene rings is 1. The lowest BCUT2D eigenvalue weighted by molar-refractivity contribution is -0.139. The maximum Gasteiger partial charge on any atom is 0.321 e. The van der Waals surface area contributed by atoms with E-state index >= 15 is 0 Å². The van der Waals surface area contributed by atoms with Gasteiger partial charge in [-0.05, 0) is 12.0 Å². The van der Waals surface area contributed by atoms with Crippen LogP contribution in [-0.2, 0) is 4.79 Å². The molecule has 0 radical (unpaired) electrons. The maximum absolute atomic E-state index is 10.8. The van der Waals surface area contributed by atoms with E-state index in [1.165, 1.54) is 0 Å². The molecule has 80 valence electrons. The van der Waals surface area contributed by atoms with Crippen LogP contribution in [-0.4, -0.2) is 17.1 Å². The van der Waals surface area contributed by atoms with Crippen LogP contribution in [0.3, 0.4) is 0 Å². The van der Waals surface area contributed by atoms with Crippen molar-refractivity contribution in [1.82, 2.24) is 0 Å². The van der Waals surface area contributed by atoms with Gasteiger partial charge in [0.2, 0.25) is 0 Å². The minimum Gasteiger partial charge on any atom is -0.480 e. The summed E-state index contributed by atoms with van der Waals surface area (Å²) in [5.41, 5.74) is 6.57. The lowest BCUT2D eigenvalue weighted by Gasteiger charge is -2.19. The summed E-state index contributed by atoms with van der Waals surface area (Å²) >= 11 is 0. The van der Waals surface area contributed by atoms with Crippen LogP contribution in [0.1, 0.15) is 17.9 Å². The van der Waals surface area contributed by atoms with Crippen LogP contribution in [0.25, 0.3) is 0 Å². The molecule has 1 rings (SSSR count). The first kappa shape index (κ1) is 11.5. The van der Waals surface area contributed by atoms with Crippen molar-refractivity contribution in [3.63, 3.8) is 0 Å². The van der Waals surface area contributed by atoms with Crippen molar-refractivity contribution in [3.05, 3.63) is 48.6 Å². The number of carboxylic acids is 1. The average Bonchev–Trinajstić information content (AvgIpc) is 2.26. The van der Waals surface area contributed by atoms with Gasteiger partial charge in [0, 0.05) is 5.92 Å². The first-order valence-corrected chi connectivity index (χ1v) is 4.81. The lowest BCUT2D eigenvalue weighted by Crippen LogP contribution is -2.36. The Labute approximate surface area is 89.2 Å². The zero-order chi connectivity index (χ0) is 11.3. The van der Waals surface area contributed by atoms with E-state index in [0.29, 0.717) is 6.42 Å². The molecule has 0 bridgehead atoms. The Hall–Kier alpha value is -1.61. The Balaban J connectivity index is 2.92. The number of nitrogens with two attached hydrogens (primary N) is 1. The predicted molar refractivity (Wildman–Crippen MR) is 59.6 cm³/mol. The van der Waals surface area contributed by atoms with Gasteiger partial charge in [-0.3, -0.25) is 4.79 Å². The minimum absolute atomic E-state index is 0.207. The quantitative estimate of drug-likeness (QED) is 0.720. The van der Waals surface area contributed by atoms with E-state index in [-0.39, 0.29) is 5.92 Å². The third-order valence-electron chi connectivity index (χ3n) is 2.37. The summed E-state index contributed by atoms with van der Waals surface area (Å²) in [6.07, 6.45) is 2.26. The van der Waals surface area contributed by atoms with Gasteiger partial charge in [0.25, 0.3) is 0 Å². The summed E-state index contributed by atoms with van der Waals surface area (Å²) in [6, 6.07) is 8.53. The second-order valence-electron chi connectivity index (χ2n) is 3.41. The number of hydrogen-bond acceptors (Lipinski definition) is 2. The molecule has 0 saturated heterocycles. The highest BCUT2D eigenvalue weighted by Crippen LogP contribution is 2.22. The Morgan fingerprint density at radius 3 is 2.53 bits per heavy atom. The smallest absolute Gasteiger partial charge is 0.321 e. The molecule has 3 nitrogen and oxygen atoms in total. The van der Waals surface area contributed by atoms with Gasteiger partial charge in [0.05, 0.1) is 0 Å². The van der Waals surface area contributed by atoms with Gasteiger partial charge in [-0.25, -0.2) is 0 Å². The number of allylic oxidation sites excluding steroid dienone is 1. The van der Waals surface area contributed by atoms with Gasteiger partial charge in [-0.15, -0.1) is 6.58 Å². The second-order valence-corrected chi connectivity index (χ2v) is 3.41.